The first-order valence-corrected chi connectivity index (χ1v) is 10.4. The summed E-state index contributed by atoms with van der Waals surface area (Å²) in [6, 6.07) is 18.3. The van der Waals surface area contributed by atoms with Crippen LogP contribution in [0.25, 0.3) is 16.7 Å². The minimum atomic E-state index is -0.745. The van der Waals surface area contributed by atoms with Crippen molar-refractivity contribution >= 4 is 23.0 Å². The van der Waals surface area contributed by atoms with Gasteiger partial charge >= 0.3 is 5.97 Å². The van der Waals surface area contributed by atoms with Crippen LogP contribution in [0.1, 0.15) is 26.3 Å². The molecule has 0 fully saturated rings. The second-order valence-electron chi connectivity index (χ2n) is 8.46. The number of aromatic nitrogens is 4. The summed E-state index contributed by atoms with van der Waals surface area (Å²) in [6.07, 6.45) is 1.85. The zero-order valence-corrected chi connectivity index (χ0v) is 18.2. The van der Waals surface area contributed by atoms with Crippen LogP contribution >= 0.6 is 0 Å². The van der Waals surface area contributed by atoms with E-state index in [1.165, 1.54) is 6.20 Å². The van der Waals surface area contributed by atoms with Gasteiger partial charge in [0.15, 0.2) is 5.65 Å². The van der Waals surface area contributed by atoms with Gasteiger partial charge in [0, 0.05) is 6.42 Å². The van der Waals surface area contributed by atoms with Crippen LogP contribution in [0, 0.1) is 0 Å². The first-order chi connectivity index (χ1) is 15.3. The second-order valence-corrected chi connectivity index (χ2v) is 8.46. The predicted molar refractivity (Wildman–Crippen MR) is 123 cm³/mol. The summed E-state index contributed by atoms with van der Waals surface area (Å²) in [5.41, 5.74) is 1.13. The number of hydrogen-bond donors (Lipinski definition) is 2. The second kappa shape index (κ2) is 8.66. The van der Waals surface area contributed by atoms with Crippen LogP contribution in [-0.2, 0) is 16.0 Å². The van der Waals surface area contributed by atoms with E-state index < -0.39 is 17.6 Å². The summed E-state index contributed by atoms with van der Waals surface area (Å²) in [6.45, 7) is 5.44. The molecule has 8 heteroatoms. The Morgan fingerprint density at radius 3 is 2.41 bits per heavy atom. The molecule has 2 N–H and O–H groups in total. The minimum Gasteiger partial charge on any atom is -0.458 e. The highest BCUT2D eigenvalue weighted by Crippen LogP contribution is 2.17. The van der Waals surface area contributed by atoms with E-state index in [4.69, 9.17) is 4.74 Å². The molecular formula is C24H25N5O3. The number of anilines is 1. The molecule has 1 atom stereocenters. The van der Waals surface area contributed by atoms with E-state index in [0.717, 1.165) is 11.3 Å². The van der Waals surface area contributed by atoms with E-state index in [2.05, 4.69) is 20.4 Å². The molecule has 0 aliphatic heterocycles. The van der Waals surface area contributed by atoms with Gasteiger partial charge in [0.2, 0.25) is 5.95 Å². The number of rotatable bonds is 6. The summed E-state index contributed by atoms with van der Waals surface area (Å²) in [5.74, 6) is -0.257. The summed E-state index contributed by atoms with van der Waals surface area (Å²) < 4.78 is 7.19. The molecule has 0 unspecified atom stereocenters. The van der Waals surface area contributed by atoms with Crippen LogP contribution in [0.3, 0.4) is 0 Å². The van der Waals surface area contributed by atoms with Crippen molar-refractivity contribution in [2.45, 2.75) is 38.8 Å². The lowest BCUT2D eigenvalue weighted by atomic mass is 10.1. The van der Waals surface area contributed by atoms with Crippen LogP contribution in [-0.4, -0.2) is 37.4 Å². The fourth-order valence-electron chi connectivity index (χ4n) is 3.33. The van der Waals surface area contributed by atoms with Crippen LogP contribution in [0.4, 0.5) is 5.95 Å². The lowest BCUT2D eigenvalue weighted by Gasteiger charge is -2.24. The van der Waals surface area contributed by atoms with Crippen molar-refractivity contribution in [3.05, 3.63) is 82.8 Å². The number of esters is 1. The Labute approximate surface area is 185 Å². The molecule has 32 heavy (non-hydrogen) atoms. The fourth-order valence-corrected chi connectivity index (χ4v) is 3.33. The standard InChI is InChI=1S/C24H25N5O3/c1-24(2,3)32-22(31)19(14-16-10-6-4-7-11-16)26-23-27-20-18(21(30)28-23)15-25-29(20)17-12-8-5-9-13-17/h4-13,15,19H,14H2,1-3H3,(H2,26,27,28,30)/t19-/m0/s1. The number of hydrogen-bond acceptors (Lipinski definition) is 6. The van der Waals surface area contributed by atoms with E-state index in [-0.39, 0.29) is 11.5 Å². The number of aromatic amines is 1. The third-order valence-corrected chi connectivity index (χ3v) is 4.72. The van der Waals surface area contributed by atoms with Crippen LogP contribution in [0.15, 0.2) is 71.7 Å². The normalized spacial score (nSPS) is 12.5. The minimum absolute atomic E-state index is 0.173. The average molecular weight is 431 g/mol. The number of benzene rings is 2. The van der Waals surface area contributed by atoms with E-state index in [1.54, 1.807) is 4.68 Å². The van der Waals surface area contributed by atoms with Crippen molar-refractivity contribution < 1.29 is 9.53 Å². The highest BCUT2D eigenvalue weighted by molar-refractivity contribution is 5.80. The van der Waals surface area contributed by atoms with Gasteiger partial charge in [0.1, 0.15) is 17.0 Å². The molecule has 8 nitrogen and oxygen atoms in total. The maximum absolute atomic E-state index is 12.9. The molecule has 0 amide bonds. The Morgan fingerprint density at radius 2 is 1.75 bits per heavy atom. The van der Waals surface area contributed by atoms with Gasteiger partial charge in [0.05, 0.1) is 11.9 Å². The monoisotopic (exact) mass is 431 g/mol. The number of carbonyl (C=O) groups is 1. The van der Waals surface area contributed by atoms with Crippen molar-refractivity contribution in [2.75, 3.05) is 5.32 Å². The Kier molecular flexibility index (Phi) is 5.77. The molecular weight excluding hydrogens is 406 g/mol. The van der Waals surface area contributed by atoms with Crippen molar-refractivity contribution in [2.24, 2.45) is 0 Å². The molecule has 164 valence electrons. The molecule has 2 aromatic heterocycles. The van der Waals surface area contributed by atoms with Crippen LogP contribution in [0.2, 0.25) is 0 Å². The summed E-state index contributed by atoms with van der Waals surface area (Å²) >= 11 is 0. The Bertz CT molecular complexity index is 1270. The van der Waals surface area contributed by atoms with Crippen LogP contribution < -0.4 is 10.9 Å². The van der Waals surface area contributed by atoms with Crippen molar-refractivity contribution in [3.63, 3.8) is 0 Å². The van der Waals surface area contributed by atoms with Gasteiger partial charge in [-0.3, -0.25) is 9.78 Å². The van der Waals surface area contributed by atoms with Gasteiger partial charge in [-0.05, 0) is 38.5 Å². The summed E-state index contributed by atoms with van der Waals surface area (Å²) in [7, 11) is 0. The molecule has 0 saturated carbocycles. The van der Waals surface area contributed by atoms with Gasteiger partial charge < -0.3 is 10.1 Å². The predicted octanol–water partition coefficient (Wildman–Crippen LogP) is 3.47. The van der Waals surface area contributed by atoms with E-state index in [9.17, 15) is 9.59 Å². The summed E-state index contributed by atoms with van der Waals surface area (Å²) in [4.78, 5) is 32.9. The smallest absolute Gasteiger partial charge is 0.329 e. The SMILES string of the molecule is CC(C)(C)OC(=O)[C@H](Cc1ccccc1)Nc1nc2c(cnn2-c2ccccc2)c(=O)[nH]1. The van der Waals surface area contributed by atoms with Gasteiger partial charge in [-0.2, -0.15) is 10.1 Å². The number of ether oxygens (including phenoxy) is 1. The van der Waals surface area contributed by atoms with Crippen molar-refractivity contribution in [3.8, 4) is 5.69 Å². The van der Waals surface area contributed by atoms with Gasteiger partial charge in [-0.15, -0.1) is 0 Å². The van der Waals surface area contributed by atoms with Gasteiger partial charge in [0.25, 0.3) is 5.56 Å². The Hall–Kier alpha value is -3.94. The average Bonchev–Trinajstić information content (AvgIpc) is 3.18. The highest BCUT2D eigenvalue weighted by atomic mass is 16.6. The molecule has 0 saturated heterocycles. The molecule has 0 radical (unpaired) electrons. The number of H-pyrrole nitrogens is 1. The molecule has 0 spiro atoms. The molecule has 4 rings (SSSR count). The zero-order chi connectivity index (χ0) is 22.7. The maximum atomic E-state index is 12.9. The number of nitrogens with zero attached hydrogens (tertiary/aromatic N) is 3. The topological polar surface area (TPSA) is 102 Å². The number of nitrogens with one attached hydrogen (secondary N) is 2. The first-order valence-electron chi connectivity index (χ1n) is 10.4. The Morgan fingerprint density at radius 1 is 1.09 bits per heavy atom. The molecule has 0 bridgehead atoms. The molecule has 0 aliphatic carbocycles. The van der Waals surface area contributed by atoms with Crippen LogP contribution in [0.5, 0.6) is 0 Å². The van der Waals surface area contributed by atoms with E-state index in [1.807, 2.05) is 81.4 Å². The zero-order valence-electron chi connectivity index (χ0n) is 18.2. The number of carbonyl (C=O) groups excluding carboxylic acids is 1. The van der Waals surface area contributed by atoms with Gasteiger partial charge in [-0.25, -0.2) is 9.48 Å². The molecule has 2 heterocycles. The molecule has 0 aliphatic rings. The quantitative estimate of drug-likeness (QED) is 0.453. The Balaban J connectivity index is 1.70. The third kappa shape index (κ3) is 4.85. The van der Waals surface area contributed by atoms with Gasteiger partial charge in [-0.1, -0.05) is 48.5 Å². The largest absolute Gasteiger partial charge is 0.458 e. The first kappa shape index (κ1) is 21.3. The number of para-hydroxylation sites is 1. The fraction of sp³-hybridized carbons (Fsp3) is 0.250. The highest BCUT2D eigenvalue weighted by Gasteiger charge is 2.26. The van der Waals surface area contributed by atoms with Crippen molar-refractivity contribution in [1.29, 1.82) is 0 Å². The summed E-state index contributed by atoms with van der Waals surface area (Å²) in [5, 5.41) is 7.74. The number of fused-ring (bicyclic) bond motifs is 1. The lowest BCUT2D eigenvalue weighted by Crippen LogP contribution is -2.39. The lowest BCUT2D eigenvalue weighted by molar-refractivity contribution is -0.155. The molecule has 2 aromatic carbocycles. The van der Waals surface area contributed by atoms with E-state index in [0.29, 0.717) is 17.5 Å². The van der Waals surface area contributed by atoms with E-state index >= 15 is 0 Å². The maximum Gasteiger partial charge on any atom is 0.329 e. The molecule has 4 aromatic rings. The van der Waals surface area contributed by atoms with Crippen molar-refractivity contribution in [1.82, 2.24) is 19.7 Å². The third-order valence-electron chi connectivity index (χ3n) is 4.72.